The largest absolute Gasteiger partial charge is 0.489 e. The molecule has 0 radical (unpaired) electrons. The van der Waals surface area contributed by atoms with Gasteiger partial charge in [0.1, 0.15) is 12.4 Å². The van der Waals surface area contributed by atoms with E-state index in [1.54, 1.807) is 6.07 Å². The Morgan fingerprint density at radius 1 is 0.818 bits per heavy atom. The molecule has 0 fully saturated rings. The summed E-state index contributed by atoms with van der Waals surface area (Å²) in [4.78, 5) is 12.1. The van der Waals surface area contributed by atoms with Crippen LogP contribution in [0.3, 0.4) is 0 Å². The minimum Gasteiger partial charge on any atom is -0.489 e. The van der Waals surface area contributed by atoms with Crippen molar-refractivity contribution in [3.63, 3.8) is 0 Å². The average Bonchev–Trinajstić information content (AvgIpc) is 3.17. The Morgan fingerprint density at radius 2 is 1.58 bits per heavy atom. The predicted molar refractivity (Wildman–Crippen MR) is 130 cm³/mol. The fourth-order valence-electron chi connectivity index (χ4n) is 4.28. The van der Waals surface area contributed by atoms with Gasteiger partial charge in [-0.05, 0) is 47.0 Å². The molecule has 1 heterocycles. The third-order valence-corrected chi connectivity index (χ3v) is 5.92. The van der Waals surface area contributed by atoms with Crippen molar-refractivity contribution in [1.82, 2.24) is 4.57 Å². The second kappa shape index (κ2) is 8.81. The number of aromatic nitrogens is 1. The van der Waals surface area contributed by atoms with Crippen molar-refractivity contribution in [2.24, 2.45) is 5.73 Å². The van der Waals surface area contributed by atoms with Crippen LogP contribution in [-0.4, -0.2) is 15.6 Å². The predicted octanol–water partition coefficient (Wildman–Crippen LogP) is 5.01. The summed E-state index contributed by atoms with van der Waals surface area (Å²) >= 11 is 0. The van der Waals surface area contributed by atoms with Gasteiger partial charge in [-0.3, -0.25) is 4.79 Å². The van der Waals surface area contributed by atoms with Crippen LogP contribution in [0, 0.1) is 0 Å². The smallest absolute Gasteiger partial charge is 0.249 e. The van der Waals surface area contributed by atoms with Crippen molar-refractivity contribution in [3.8, 4) is 5.75 Å². The molecular formula is C28H24N2O3. The van der Waals surface area contributed by atoms with E-state index < -0.39 is 5.91 Å². The van der Waals surface area contributed by atoms with Crippen molar-refractivity contribution in [3.05, 3.63) is 113 Å². The Hall–Kier alpha value is -4.09. The van der Waals surface area contributed by atoms with Crippen LogP contribution in [0.4, 0.5) is 0 Å². The lowest BCUT2D eigenvalue weighted by molar-refractivity contribution is 0.100. The van der Waals surface area contributed by atoms with Crippen LogP contribution in [0.2, 0.25) is 0 Å². The van der Waals surface area contributed by atoms with E-state index in [0.29, 0.717) is 18.7 Å². The first kappa shape index (κ1) is 20.8. The van der Waals surface area contributed by atoms with Crippen LogP contribution >= 0.6 is 0 Å². The Labute approximate surface area is 191 Å². The number of carbonyl (C=O) groups excluding carboxylic acids is 1. The summed E-state index contributed by atoms with van der Waals surface area (Å²) in [7, 11) is 0. The van der Waals surface area contributed by atoms with E-state index in [1.165, 1.54) is 0 Å². The highest BCUT2D eigenvalue weighted by Crippen LogP contribution is 2.33. The zero-order valence-electron chi connectivity index (χ0n) is 18.1. The second-order valence-corrected chi connectivity index (χ2v) is 8.08. The monoisotopic (exact) mass is 436 g/mol. The fourth-order valence-corrected chi connectivity index (χ4v) is 4.28. The maximum absolute atomic E-state index is 12.1. The number of carbonyl (C=O) groups is 1. The summed E-state index contributed by atoms with van der Waals surface area (Å²) < 4.78 is 8.07. The summed E-state index contributed by atoms with van der Waals surface area (Å²) in [6, 6.07) is 29.5. The number of aliphatic hydroxyl groups excluding tert-OH is 1. The van der Waals surface area contributed by atoms with Gasteiger partial charge in [0.2, 0.25) is 5.91 Å². The Morgan fingerprint density at radius 3 is 2.30 bits per heavy atom. The van der Waals surface area contributed by atoms with Crippen molar-refractivity contribution < 1.29 is 14.6 Å². The van der Waals surface area contributed by atoms with E-state index in [-0.39, 0.29) is 6.61 Å². The highest BCUT2D eigenvalue weighted by Gasteiger charge is 2.17. The second-order valence-electron chi connectivity index (χ2n) is 8.08. The first-order valence-electron chi connectivity index (χ1n) is 10.8. The molecule has 1 aromatic heterocycles. The average molecular weight is 437 g/mol. The zero-order chi connectivity index (χ0) is 22.8. The molecule has 0 atom stereocenters. The highest BCUT2D eigenvalue weighted by atomic mass is 16.5. The molecule has 0 spiro atoms. The number of hydrogen-bond donors (Lipinski definition) is 2. The molecule has 5 rings (SSSR count). The minimum atomic E-state index is -0.453. The van der Waals surface area contributed by atoms with Crippen molar-refractivity contribution >= 4 is 27.7 Å². The van der Waals surface area contributed by atoms with Crippen LogP contribution in [0.5, 0.6) is 5.75 Å². The summed E-state index contributed by atoms with van der Waals surface area (Å²) in [5, 5.41) is 11.4. The normalized spacial score (nSPS) is 11.2. The fraction of sp³-hybridized carbons (Fsp3) is 0.107. The Balaban J connectivity index is 1.50. The summed E-state index contributed by atoms with van der Waals surface area (Å²) in [5.74, 6) is 0.356. The van der Waals surface area contributed by atoms with E-state index in [0.717, 1.165) is 44.2 Å². The van der Waals surface area contributed by atoms with Gasteiger partial charge < -0.3 is 20.1 Å². The lowest BCUT2D eigenvalue weighted by atomic mass is 10.0. The van der Waals surface area contributed by atoms with E-state index in [2.05, 4.69) is 4.57 Å². The number of amides is 1. The molecule has 0 bridgehead atoms. The van der Waals surface area contributed by atoms with E-state index in [1.807, 2.05) is 84.9 Å². The Kier molecular flexibility index (Phi) is 5.55. The molecule has 164 valence electrons. The third kappa shape index (κ3) is 4.06. The van der Waals surface area contributed by atoms with Gasteiger partial charge in [-0.2, -0.15) is 0 Å². The van der Waals surface area contributed by atoms with Crippen LogP contribution in [0.15, 0.2) is 91.0 Å². The van der Waals surface area contributed by atoms with Crippen molar-refractivity contribution in [1.29, 1.82) is 0 Å². The molecule has 0 aliphatic heterocycles. The maximum Gasteiger partial charge on any atom is 0.249 e. The Bertz CT molecular complexity index is 1440. The van der Waals surface area contributed by atoms with Gasteiger partial charge in [0, 0.05) is 28.4 Å². The summed E-state index contributed by atoms with van der Waals surface area (Å²) in [6.07, 6.45) is 0. The summed E-state index contributed by atoms with van der Waals surface area (Å²) in [6.45, 7) is 1.08. The van der Waals surface area contributed by atoms with Gasteiger partial charge in [0.05, 0.1) is 12.1 Å². The number of primary amides is 1. The molecule has 1 amide bonds. The number of nitrogens with two attached hydrogens (primary N) is 1. The minimum absolute atomic E-state index is 0.0480. The molecule has 5 aromatic rings. The van der Waals surface area contributed by atoms with Gasteiger partial charge in [0.15, 0.2) is 0 Å². The molecule has 33 heavy (non-hydrogen) atoms. The van der Waals surface area contributed by atoms with Crippen LogP contribution in [0.25, 0.3) is 21.8 Å². The molecule has 4 aromatic carbocycles. The molecular weight excluding hydrogens is 412 g/mol. The first-order chi connectivity index (χ1) is 16.1. The third-order valence-electron chi connectivity index (χ3n) is 5.92. The topological polar surface area (TPSA) is 77.5 Å². The van der Waals surface area contributed by atoms with Crippen LogP contribution in [-0.2, 0) is 19.8 Å². The molecule has 0 saturated carbocycles. The number of benzene rings is 4. The van der Waals surface area contributed by atoms with E-state index >= 15 is 0 Å². The van der Waals surface area contributed by atoms with E-state index in [4.69, 9.17) is 10.5 Å². The quantitative estimate of drug-likeness (QED) is 0.376. The van der Waals surface area contributed by atoms with Gasteiger partial charge in [0.25, 0.3) is 0 Å². The standard InChI is InChI=1S/C28H24N2O3/c29-28(32)24-7-4-8-25-27(24)23-14-11-21(17-31)15-26(23)30(25)16-19-9-12-22(13-10-19)33-18-20-5-2-1-3-6-20/h1-15,31H,16-18H2,(H2,29,32). The van der Waals surface area contributed by atoms with Crippen molar-refractivity contribution in [2.75, 3.05) is 0 Å². The van der Waals surface area contributed by atoms with Gasteiger partial charge in [-0.25, -0.2) is 0 Å². The van der Waals surface area contributed by atoms with Gasteiger partial charge >= 0.3 is 0 Å². The molecule has 0 saturated heterocycles. The lowest BCUT2D eigenvalue weighted by Gasteiger charge is -2.10. The number of ether oxygens (including phenoxy) is 1. The molecule has 5 nitrogen and oxygen atoms in total. The lowest BCUT2D eigenvalue weighted by Crippen LogP contribution is -2.11. The first-order valence-corrected chi connectivity index (χ1v) is 10.8. The van der Waals surface area contributed by atoms with Gasteiger partial charge in [-0.1, -0.05) is 60.7 Å². The number of nitrogens with zero attached hydrogens (tertiary/aromatic N) is 1. The molecule has 0 unspecified atom stereocenters. The van der Waals surface area contributed by atoms with E-state index in [9.17, 15) is 9.90 Å². The van der Waals surface area contributed by atoms with Crippen LogP contribution < -0.4 is 10.5 Å². The summed E-state index contributed by atoms with van der Waals surface area (Å²) in [5.41, 5.74) is 11.1. The van der Waals surface area contributed by atoms with Gasteiger partial charge in [-0.15, -0.1) is 0 Å². The maximum atomic E-state index is 12.1. The number of aliphatic hydroxyl groups is 1. The van der Waals surface area contributed by atoms with Crippen LogP contribution in [0.1, 0.15) is 27.0 Å². The van der Waals surface area contributed by atoms with Crippen molar-refractivity contribution in [2.45, 2.75) is 19.8 Å². The SMILES string of the molecule is NC(=O)c1cccc2c1c1ccc(CO)cc1n2Cc1ccc(OCc2ccccc2)cc1. The molecule has 0 aliphatic carbocycles. The number of hydrogen-bond acceptors (Lipinski definition) is 3. The molecule has 5 heteroatoms. The highest BCUT2D eigenvalue weighted by molar-refractivity contribution is 6.17. The number of fused-ring (bicyclic) bond motifs is 3. The zero-order valence-corrected chi connectivity index (χ0v) is 18.1. The molecule has 3 N–H and O–H groups in total. The number of rotatable bonds is 7. The molecule has 0 aliphatic rings.